The fourth-order valence-corrected chi connectivity index (χ4v) is 4.47. The molecule has 1 saturated heterocycles. The van der Waals surface area contributed by atoms with Crippen molar-refractivity contribution in [3.05, 3.63) is 29.8 Å². The zero-order valence-corrected chi connectivity index (χ0v) is 18.1. The van der Waals surface area contributed by atoms with E-state index in [1.54, 1.807) is 7.11 Å². The van der Waals surface area contributed by atoms with E-state index < -0.39 is 12.0 Å². The van der Waals surface area contributed by atoms with Crippen molar-refractivity contribution in [2.24, 2.45) is 0 Å². The number of ether oxygens (including phenoxy) is 1. The first-order chi connectivity index (χ1) is 12.5. The van der Waals surface area contributed by atoms with Gasteiger partial charge < -0.3 is 20.0 Å². The van der Waals surface area contributed by atoms with Gasteiger partial charge in [-0.15, -0.1) is 0 Å². The summed E-state index contributed by atoms with van der Waals surface area (Å²) in [5.74, 6) is -0.331. The summed E-state index contributed by atoms with van der Waals surface area (Å²) in [6, 6.07) is 7.06. The first kappa shape index (κ1) is 20.6. The van der Waals surface area contributed by atoms with Crippen molar-refractivity contribution in [2.45, 2.75) is 68.6 Å². The van der Waals surface area contributed by atoms with Crippen molar-refractivity contribution in [1.29, 1.82) is 0 Å². The molecule has 1 aromatic rings. The third kappa shape index (κ3) is 3.90. The minimum atomic E-state index is -1.06. The predicted octanol–water partition coefficient (Wildman–Crippen LogP) is -2.06. The molecule has 27 heavy (non-hydrogen) atoms. The normalized spacial score (nSPS) is 26.6. The molecule has 2 aliphatic carbocycles. The summed E-state index contributed by atoms with van der Waals surface area (Å²) in [7, 11) is 1.64. The SMILES string of the molecule is COc1cccc(C2(NC(=O)C3CCC(C(=O)[O-])N3C3CC3)CCC2)c1.[Na+]. The quantitative estimate of drug-likeness (QED) is 0.574. The van der Waals surface area contributed by atoms with E-state index >= 15 is 0 Å². The zero-order chi connectivity index (χ0) is 18.3. The fraction of sp³-hybridized carbons (Fsp3) is 0.600. The van der Waals surface area contributed by atoms with Crippen molar-refractivity contribution in [3.8, 4) is 5.75 Å². The molecular formula is C20H25N2NaO4. The van der Waals surface area contributed by atoms with Gasteiger partial charge in [0.2, 0.25) is 5.91 Å². The summed E-state index contributed by atoms with van der Waals surface area (Å²) < 4.78 is 5.33. The molecule has 2 saturated carbocycles. The van der Waals surface area contributed by atoms with E-state index in [1.807, 2.05) is 29.2 Å². The average molecular weight is 380 g/mol. The number of amides is 1. The minimum absolute atomic E-state index is 0. The molecule has 0 aromatic heterocycles. The summed E-state index contributed by atoms with van der Waals surface area (Å²) >= 11 is 0. The smallest absolute Gasteiger partial charge is 0.548 e. The second-order valence-electron chi connectivity index (χ2n) is 7.76. The molecule has 1 amide bonds. The van der Waals surface area contributed by atoms with Crippen LogP contribution >= 0.6 is 0 Å². The van der Waals surface area contributed by atoms with Gasteiger partial charge in [-0.05, 0) is 62.6 Å². The Morgan fingerprint density at radius 2 is 1.89 bits per heavy atom. The number of hydrogen-bond acceptors (Lipinski definition) is 5. The van der Waals surface area contributed by atoms with Crippen LogP contribution in [0.5, 0.6) is 5.75 Å². The van der Waals surface area contributed by atoms with Crippen LogP contribution < -0.4 is 44.7 Å². The van der Waals surface area contributed by atoms with Gasteiger partial charge in [-0.25, -0.2) is 0 Å². The summed E-state index contributed by atoms with van der Waals surface area (Å²) in [6.07, 6.45) is 5.86. The second kappa shape index (κ2) is 8.11. The number of hydrogen-bond donors (Lipinski definition) is 1. The van der Waals surface area contributed by atoms with Crippen LogP contribution in [0.4, 0.5) is 0 Å². The van der Waals surface area contributed by atoms with Gasteiger partial charge in [0.1, 0.15) is 5.75 Å². The van der Waals surface area contributed by atoms with Crippen molar-refractivity contribution < 1.29 is 49.0 Å². The second-order valence-corrected chi connectivity index (χ2v) is 7.76. The van der Waals surface area contributed by atoms with E-state index in [0.29, 0.717) is 12.8 Å². The van der Waals surface area contributed by atoms with Crippen LogP contribution in [-0.4, -0.2) is 42.0 Å². The molecule has 2 unspecified atom stereocenters. The Kier molecular flexibility index (Phi) is 6.21. The van der Waals surface area contributed by atoms with E-state index in [4.69, 9.17) is 4.74 Å². The number of carboxylic acid groups (broad SMARTS) is 1. The standard InChI is InChI=1S/C20H26N2O4.Na/c1-26-15-5-2-4-13(12-15)20(10-3-11-20)21-18(23)16-8-9-17(19(24)25)22(16)14-6-7-14;/h2,4-5,12,14,16-17H,3,6-11H2,1H3,(H,21,23)(H,24,25);/q;+1/p-1. The van der Waals surface area contributed by atoms with Gasteiger partial charge in [-0.2, -0.15) is 0 Å². The number of carboxylic acids is 1. The van der Waals surface area contributed by atoms with E-state index in [-0.39, 0.29) is 53.1 Å². The summed E-state index contributed by atoms with van der Waals surface area (Å²) in [4.78, 5) is 26.4. The van der Waals surface area contributed by atoms with Crippen molar-refractivity contribution in [1.82, 2.24) is 10.2 Å². The number of carbonyl (C=O) groups is 2. The van der Waals surface area contributed by atoms with Gasteiger partial charge in [-0.1, -0.05) is 12.1 Å². The van der Waals surface area contributed by atoms with Crippen LogP contribution in [0.3, 0.4) is 0 Å². The number of nitrogens with zero attached hydrogens (tertiary/aromatic N) is 1. The van der Waals surface area contributed by atoms with Crippen LogP contribution in [0, 0.1) is 0 Å². The molecule has 0 radical (unpaired) electrons. The number of carbonyl (C=O) groups excluding carboxylic acids is 2. The molecule has 4 rings (SSSR count). The van der Waals surface area contributed by atoms with Gasteiger partial charge in [-0.3, -0.25) is 9.69 Å². The molecule has 0 spiro atoms. The number of nitrogens with one attached hydrogen (secondary N) is 1. The molecule has 7 heteroatoms. The maximum Gasteiger partial charge on any atom is 1.00 e. The number of likely N-dealkylation sites (tertiary alicyclic amines) is 1. The number of aliphatic carboxylic acids is 1. The molecule has 3 fully saturated rings. The van der Waals surface area contributed by atoms with Crippen LogP contribution in [0.25, 0.3) is 0 Å². The molecule has 2 atom stereocenters. The first-order valence-corrected chi connectivity index (χ1v) is 9.49. The maximum atomic E-state index is 13.1. The third-order valence-corrected chi connectivity index (χ3v) is 6.17. The average Bonchev–Trinajstić information content (AvgIpc) is 3.35. The maximum absolute atomic E-state index is 13.1. The van der Waals surface area contributed by atoms with E-state index in [9.17, 15) is 14.7 Å². The van der Waals surface area contributed by atoms with E-state index in [1.165, 1.54) is 0 Å². The van der Waals surface area contributed by atoms with Crippen molar-refractivity contribution in [2.75, 3.05) is 7.11 Å². The number of rotatable bonds is 6. The van der Waals surface area contributed by atoms with E-state index in [0.717, 1.165) is 43.4 Å². The minimum Gasteiger partial charge on any atom is -0.548 e. The summed E-state index contributed by atoms with van der Waals surface area (Å²) in [5, 5.41) is 14.7. The van der Waals surface area contributed by atoms with Crippen LogP contribution in [-0.2, 0) is 15.1 Å². The molecular weight excluding hydrogens is 355 g/mol. The Labute approximate surface area is 181 Å². The van der Waals surface area contributed by atoms with Gasteiger partial charge in [0.15, 0.2) is 0 Å². The summed E-state index contributed by atoms with van der Waals surface area (Å²) in [5.41, 5.74) is 0.698. The monoisotopic (exact) mass is 380 g/mol. The Bertz CT molecular complexity index is 718. The van der Waals surface area contributed by atoms with Crippen LogP contribution in [0.2, 0.25) is 0 Å². The van der Waals surface area contributed by atoms with E-state index in [2.05, 4.69) is 5.32 Å². The molecule has 0 bridgehead atoms. The Balaban J connectivity index is 0.00000210. The summed E-state index contributed by atoms with van der Waals surface area (Å²) in [6.45, 7) is 0. The number of methoxy groups -OCH3 is 1. The first-order valence-electron chi connectivity index (χ1n) is 9.49. The fourth-order valence-electron chi connectivity index (χ4n) is 4.47. The van der Waals surface area contributed by atoms with Gasteiger partial charge >= 0.3 is 29.6 Å². The zero-order valence-electron chi connectivity index (χ0n) is 16.1. The Morgan fingerprint density at radius 3 is 2.44 bits per heavy atom. The molecule has 1 heterocycles. The molecule has 1 aliphatic heterocycles. The molecule has 3 aliphatic rings. The van der Waals surface area contributed by atoms with Gasteiger partial charge in [0, 0.05) is 6.04 Å². The van der Waals surface area contributed by atoms with Gasteiger partial charge in [0.05, 0.1) is 30.7 Å². The van der Waals surface area contributed by atoms with Crippen LogP contribution in [0.15, 0.2) is 24.3 Å². The molecule has 1 N–H and O–H groups in total. The molecule has 6 nitrogen and oxygen atoms in total. The predicted molar refractivity (Wildman–Crippen MR) is 93.3 cm³/mol. The number of benzene rings is 1. The topological polar surface area (TPSA) is 81.7 Å². The Hall–Kier alpha value is -1.08. The van der Waals surface area contributed by atoms with Crippen molar-refractivity contribution in [3.63, 3.8) is 0 Å². The Morgan fingerprint density at radius 1 is 1.19 bits per heavy atom. The van der Waals surface area contributed by atoms with Crippen molar-refractivity contribution >= 4 is 11.9 Å². The molecule has 1 aromatic carbocycles. The molecule has 140 valence electrons. The van der Waals surface area contributed by atoms with Crippen LogP contribution in [0.1, 0.15) is 50.5 Å². The third-order valence-electron chi connectivity index (χ3n) is 6.17. The largest absolute Gasteiger partial charge is 1.00 e. The van der Waals surface area contributed by atoms with Gasteiger partial charge in [0.25, 0.3) is 0 Å².